The number of benzene rings is 4. The predicted molar refractivity (Wildman–Crippen MR) is 260 cm³/mol. The number of amidine groups is 1. The van der Waals surface area contributed by atoms with Gasteiger partial charge < -0.3 is 15.7 Å². The van der Waals surface area contributed by atoms with E-state index < -0.39 is 0 Å². The largest absolute Gasteiger partial charge is 2.00 e. The molecule has 12 rings (SSSR count). The third-order valence-corrected chi connectivity index (χ3v) is 11.7. The molecule has 0 amide bonds. The molecule has 21 heteroatoms. The second-order valence-electron chi connectivity index (χ2n) is 15.7. The van der Waals surface area contributed by atoms with Gasteiger partial charge in [-0.1, -0.05) is 121 Å². The van der Waals surface area contributed by atoms with E-state index in [0.29, 0.717) is 67.9 Å². The van der Waals surface area contributed by atoms with Gasteiger partial charge in [0.1, 0.15) is 0 Å². The number of aromatic amines is 3. The molecule has 8 heterocycles. The van der Waals surface area contributed by atoms with Gasteiger partial charge in [-0.25, -0.2) is 25.3 Å². The van der Waals surface area contributed by atoms with E-state index in [1.54, 1.807) is 0 Å². The number of nitrogens with one attached hydrogen (secondary N) is 3. The number of rotatable bonds is 9. The van der Waals surface area contributed by atoms with Gasteiger partial charge in [-0.15, -0.1) is 42.5 Å². The van der Waals surface area contributed by atoms with Crippen LogP contribution in [0.5, 0.6) is 0 Å². The predicted octanol–water partition coefficient (Wildman–Crippen LogP) is 7.82. The fourth-order valence-corrected chi connectivity index (χ4v) is 8.46. The number of fused-ring (bicyclic) bond motifs is 8. The summed E-state index contributed by atoms with van der Waals surface area (Å²) >= 11 is 0. The van der Waals surface area contributed by atoms with E-state index in [0.717, 1.165) is 61.2 Å². The zero-order valence-electron chi connectivity index (χ0n) is 36.5. The third kappa shape index (κ3) is 7.93. The number of hydrogen-bond acceptors (Lipinski definition) is 13. The van der Waals surface area contributed by atoms with Gasteiger partial charge >= 0.3 is 17.1 Å². The Bertz CT molecular complexity index is 3740. The number of aromatic nitrogens is 16. The van der Waals surface area contributed by atoms with E-state index in [1.165, 1.54) is 7.05 Å². The Labute approximate surface area is 406 Å². The van der Waals surface area contributed by atoms with Crippen LogP contribution in [0.3, 0.4) is 0 Å². The molecule has 8 bridgehead atoms. The van der Waals surface area contributed by atoms with Crippen LogP contribution >= 0.6 is 0 Å². The molecular weight excluding hydrogens is 924 g/mol. The number of hydrogen-bond donors (Lipinski definition) is 4. The van der Waals surface area contributed by atoms with Crippen molar-refractivity contribution in [3.63, 3.8) is 0 Å². The first-order valence-corrected chi connectivity index (χ1v) is 21.4. The van der Waals surface area contributed by atoms with Gasteiger partial charge in [0, 0.05) is 22.3 Å². The number of nitrogens with zero attached hydrogens (tertiary/aromatic N) is 16. The van der Waals surface area contributed by atoms with Crippen LogP contribution in [0.2, 0.25) is 0 Å². The van der Waals surface area contributed by atoms with Crippen LogP contribution in [0, 0.1) is 0 Å². The molecule has 4 aromatic carbocycles. The first-order valence-electron chi connectivity index (χ1n) is 21.4. The van der Waals surface area contributed by atoms with Gasteiger partial charge in [0.05, 0.1) is 29.8 Å². The Balaban J connectivity index is 0.00000533. The number of tetrazole rings is 3. The molecule has 0 aliphatic carbocycles. The van der Waals surface area contributed by atoms with Crippen molar-refractivity contribution < 1.29 is 17.1 Å². The van der Waals surface area contributed by atoms with Crippen LogP contribution < -0.4 is 15.7 Å². The van der Waals surface area contributed by atoms with Crippen LogP contribution in [-0.2, 0) is 17.1 Å². The van der Waals surface area contributed by atoms with Gasteiger partial charge in [0.25, 0.3) is 0 Å². The van der Waals surface area contributed by atoms with Crippen molar-refractivity contribution in [1.29, 1.82) is 0 Å². The van der Waals surface area contributed by atoms with Crippen molar-refractivity contribution in [2.24, 2.45) is 21.2 Å². The van der Waals surface area contributed by atoms with Crippen molar-refractivity contribution in [1.82, 2.24) is 81.8 Å². The molecular formula is C49H32MnN20. The first kappa shape index (κ1) is 42.9. The topological polar surface area (TPSA) is 280 Å². The minimum Gasteiger partial charge on any atom is -0.657 e. The summed E-state index contributed by atoms with van der Waals surface area (Å²) < 4.78 is 0. The second kappa shape index (κ2) is 18.2. The maximum Gasteiger partial charge on any atom is 2.00 e. The van der Waals surface area contributed by atoms with Crippen molar-refractivity contribution in [2.75, 3.05) is 7.05 Å². The summed E-state index contributed by atoms with van der Waals surface area (Å²) in [6, 6.07) is 39.7. The van der Waals surface area contributed by atoms with Crippen molar-refractivity contribution in [3.8, 4) is 78.7 Å². The van der Waals surface area contributed by atoms with Crippen LogP contribution in [-0.4, -0.2) is 84.7 Å². The fourth-order valence-electron chi connectivity index (χ4n) is 8.46. The molecule has 5 N–H and O–H groups in total. The van der Waals surface area contributed by atoms with E-state index in [-0.39, 0.29) is 22.9 Å². The zero-order chi connectivity index (χ0) is 46.3. The van der Waals surface area contributed by atoms with Crippen LogP contribution in [0.15, 0.2) is 137 Å². The van der Waals surface area contributed by atoms with Crippen LogP contribution in [0.25, 0.3) is 125 Å². The van der Waals surface area contributed by atoms with Gasteiger partial charge in [0.15, 0.2) is 23.3 Å². The SMILES string of the molecule is CN=N/N=C(\N)c1ccc(-c2c3nc(c(-c4ccc(-c5nnn[nH]5)cc4)c4ccc([n-]4)c(-c4ccc(-c5nnn[nH]5)cc4)c4nc(c(-c5ccc(-c6nnn[nH]6)cc5)c5ccc2[n-]5)C=C4)C=C3)cc1.[Mn+2]. The Hall–Kier alpha value is -9.72. The zero-order valence-corrected chi connectivity index (χ0v) is 37.6. The summed E-state index contributed by atoms with van der Waals surface area (Å²) in [5, 5.41) is 54.9. The molecule has 0 saturated carbocycles. The maximum absolute atomic E-state index is 6.28. The first-order chi connectivity index (χ1) is 34.0. The molecule has 6 aromatic heterocycles. The molecule has 335 valence electrons. The van der Waals surface area contributed by atoms with E-state index >= 15 is 0 Å². The van der Waals surface area contributed by atoms with E-state index in [1.807, 2.05) is 146 Å². The minimum atomic E-state index is 0. The van der Waals surface area contributed by atoms with Crippen LogP contribution in [0.1, 0.15) is 28.3 Å². The molecule has 0 spiro atoms. The normalized spacial score (nSPS) is 12.2. The molecule has 2 aliphatic heterocycles. The Morgan fingerprint density at radius 1 is 0.429 bits per heavy atom. The number of nitrogens with two attached hydrogens (primary N) is 1. The van der Waals surface area contributed by atoms with Crippen LogP contribution in [0.4, 0.5) is 0 Å². The summed E-state index contributed by atoms with van der Waals surface area (Å²) in [5.74, 6) is 1.89. The maximum atomic E-state index is 6.28. The molecule has 0 unspecified atom stereocenters. The molecule has 1 radical (unpaired) electrons. The molecule has 2 aliphatic rings. The van der Waals surface area contributed by atoms with Gasteiger partial charge in [-0.05, 0) is 105 Å². The second-order valence-corrected chi connectivity index (χ2v) is 15.7. The summed E-state index contributed by atoms with van der Waals surface area (Å²) in [7, 11) is 1.54. The average Bonchev–Trinajstić information content (AvgIpc) is 4.25. The quantitative estimate of drug-likeness (QED) is 0.0353. The molecule has 20 nitrogen and oxygen atoms in total. The van der Waals surface area contributed by atoms with Gasteiger partial charge in [-0.2, -0.15) is 5.11 Å². The van der Waals surface area contributed by atoms with E-state index in [9.17, 15) is 0 Å². The molecule has 70 heavy (non-hydrogen) atoms. The van der Waals surface area contributed by atoms with Crippen molar-refractivity contribution in [2.45, 2.75) is 0 Å². The Morgan fingerprint density at radius 2 is 0.729 bits per heavy atom. The molecule has 0 saturated heterocycles. The Kier molecular flexibility index (Phi) is 11.1. The fraction of sp³-hybridized carbons (Fsp3) is 0.0204. The van der Waals surface area contributed by atoms with Crippen molar-refractivity contribution in [3.05, 3.63) is 150 Å². The summed E-state index contributed by atoms with van der Waals surface area (Å²) in [6.45, 7) is 0. The summed E-state index contributed by atoms with van der Waals surface area (Å²) in [4.78, 5) is 21.6. The van der Waals surface area contributed by atoms with E-state index in [2.05, 4.69) is 77.3 Å². The monoisotopic (exact) mass is 955 g/mol. The smallest absolute Gasteiger partial charge is 0.657 e. The van der Waals surface area contributed by atoms with E-state index in [4.69, 9.17) is 25.7 Å². The summed E-state index contributed by atoms with van der Waals surface area (Å²) in [6.07, 6.45) is 8.06. The average molecular weight is 956 g/mol. The van der Waals surface area contributed by atoms with Gasteiger partial charge in [0.2, 0.25) is 0 Å². The molecule has 10 aromatic rings. The number of H-pyrrole nitrogens is 3. The third-order valence-electron chi connectivity index (χ3n) is 11.7. The standard InChI is InChI=1S/C49H32N20.Mn/c1-51-63-56-46(50)30-10-2-26(3-11-30)42-34-18-20-36(52-34)43(27-4-12-31(13-5-27)47-57-64-65-58-47)38-22-24-40(54-38)45(29-8-16-33(17-9-29)49-61-68-69-62-49)41-25-23-39(55-41)44(37-21-19-35(42)53-37)28-6-14-32(15-7-28)48-59-66-67-60-48;/h2-25H,1H3,(H2,50,51,56)(H,57,58,64,65)(H,59,60,66,67)(H,61,62,68,69);/q-2;+2. The van der Waals surface area contributed by atoms with Crippen molar-refractivity contribution >= 4 is 52.2 Å². The summed E-state index contributed by atoms with van der Waals surface area (Å²) in [5.41, 5.74) is 21.8. The molecule has 0 atom stereocenters. The Morgan fingerprint density at radius 3 is 1.01 bits per heavy atom. The molecule has 0 fully saturated rings. The van der Waals surface area contributed by atoms with Gasteiger partial charge in [-0.3, -0.25) is 0 Å². The minimum absolute atomic E-state index is 0.